The van der Waals surface area contributed by atoms with Crippen LogP contribution in [0.3, 0.4) is 0 Å². The standard InChI is InChI=1S/C16H21BrN2O2/c1-10-2-3-12(17)7-13(10)16(4-5-16)19-15(21)6-11-8-18-9-14(11)20/h2-3,7,11,14,18,20H,4-6,8-9H2,1H3,(H,19,21)/t11-,14-/m1/s1. The number of β-amino-alcohol motifs (C(OH)–C–C–N with tert-alkyl or cyclic N) is 1. The highest BCUT2D eigenvalue weighted by molar-refractivity contribution is 9.10. The van der Waals surface area contributed by atoms with E-state index in [9.17, 15) is 9.90 Å². The zero-order chi connectivity index (χ0) is 15.0. The number of carbonyl (C=O) groups is 1. The summed E-state index contributed by atoms with van der Waals surface area (Å²) < 4.78 is 1.04. The third-order valence-electron chi connectivity index (χ3n) is 4.60. The summed E-state index contributed by atoms with van der Waals surface area (Å²) in [5.41, 5.74) is 2.22. The lowest BCUT2D eigenvalue weighted by atomic mass is 9.97. The Morgan fingerprint density at radius 1 is 1.48 bits per heavy atom. The quantitative estimate of drug-likeness (QED) is 0.774. The molecule has 1 aliphatic carbocycles. The van der Waals surface area contributed by atoms with Gasteiger partial charge in [-0.1, -0.05) is 22.0 Å². The van der Waals surface area contributed by atoms with Crippen molar-refractivity contribution in [3.63, 3.8) is 0 Å². The van der Waals surface area contributed by atoms with Crippen LogP contribution in [-0.2, 0) is 10.3 Å². The topological polar surface area (TPSA) is 61.4 Å². The lowest BCUT2D eigenvalue weighted by Crippen LogP contribution is -2.37. The zero-order valence-electron chi connectivity index (χ0n) is 12.2. The van der Waals surface area contributed by atoms with Crippen molar-refractivity contribution in [1.82, 2.24) is 10.6 Å². The van der Waals surface area contributed by atoms with Crippen molar-refractivity contribution in [3.05, 3.63) is 33.8 Å². The van der Waals surface area contributed by atoms with Gasteiger partial charge in [0, 0.05) is 29.9 Å². The number of benzene rings is 1. The minimum atomic E-state index is -0.404. The number of halogens is 1. The molecule has 1 saturated carbocycles. The number of nitrogens with one attached hydrogen (secondary N) is 2. The van der Waals surface area contributed by atoms with Gasteiger partial charge in [0.05, 0.1) is 11.6 Å². The highest BCUT2D eigenvalue weighted by atomic mass is 79.9. The Balaban J connectivity index is 1.69. The van der Waals surface area contributed by atoms with Gasteiger partial charge in [-0.25, -0.2) is 0 Å². The van der Waals surface area contributed by atoms with Crippen LogP contribution < -0.4 is 10.6 Å². The highest BCUT2D eigenvalue weighted by Gasteiger charge is 2.46. The Labute approximate surface area is 133 Å². The number of hydrogen-bond donors (Lipinski definition) is 3. The van der Waals surface area contributed by atoms with E-state index < -0.39 is 6.10 Å². The maximum atomic E-state index is 12.3. The number of carbonyl (C=O) groups excluding carboxylic acids is 1. The summed E-state index contributed by atoms with van der Waals surface area (Å²) in [4.78, 5) is 12.3. The number of hydrogen-bond acceptors (Lipinski definition) is 3. The number of aliphatic hydroxyl groups is 1. The highest BCUT2D eigenvalue weighted by Crippen LogP contribution is 2.47. The van der Waals surface area contributed by atoms with Crippen molar-refractivity contribution >= 4 is 21.8 Å². The van der Waals surface area contributed by atoms with E-state index in [1.165, 1.54) is 11.1 Å². The molecular weight excluding hydrogens is 332 g/mol. The van der Waals surface area contributed by atoms with Gasteiger partial charge in [0.2, 0.25) is 5.91 Å². The molecule has 1 aliphatic heterocycles. The van der Waals surface area contributed by atoms with Crippen molar-refractivity contribution in [3.8, 4) is 0 Å². The van der Waals surface area contributed by atoms with Gasteiger partial charge >= 0.3 is 0 Å². The number of aliphatic hydroxyl groups excluding tert-OH is 1. The van der Waals surface area contributed by atoms with E-state index in [0.717, 1.165) is 23.9 Å². The zero-order valence-corrected chi connectivity index (χ0v) is 13.7. The molecule has 2 aliphatic rings. The minimum Gasteiger partial charge on any atom is -0.391 e. The summed E-state index contributed by atoms with van der Waals surface area (Å²) in [5.74, 6) is 0.0732. The van der Waals surface area contributed by atoms with Crippen LogP contribution in [0.15, 0.2) is 22.7 Å². The fourth-order valence-corrected chi connectivity index (χ4v) is 3.54. The molecule has 3 rings (SSSR count). The van der Waals surface area contributed by atoms with Crippen LogP contribution >= 0.6 is 15.9 Å². The summed E-state index contributed by atoms with van der Waals surface area (Å²) in [7, 11) is 0. The van der Waals surface area contributed by atoms with Crippen LogP contribution in [0, 0.1) is 12.8 Å². The van der Waals surface area contributed by atoms with E-state index in [4.69, 9.17) is 0 Å². The van der Waals surface area contributed by atoms with E-state index in [1.807, 2.05) is 6.07 Å². The van der Waals surface area contributed by atoms with E-state index in [1.54, 1.807) is 0 Å². The maximum Gasteiger partial charge on any atom is 0.221 e. The first-order chi connectivity index (χ1) is 10.00. The van der Waals surface area contributed by atoms with Crippen LogP contribution in [0.1, 0.15) is 30.4 Å². The van der Waals surface area contributed by atoms with Gasteiger partial charge in [-0.2, -0.15) is 0 Å². The van der Waals surface area contributed by atoms with Crippen LogP contribution in [-0.4, -0.2) is 30.2 Å². The second kappa shape index (κ2) is 5.71. The lowest BCUT2D eigenvalue weighted by Gasteiger charge is -2.22. The smallest absolute Gasteiger partial charge is 0.221 e. The van der Waals surface area contributed by atoms with Gasteiger partial charge in [0.25, 0.3) is 0 Å². The maximum absolute atomic E-state index is 12.3. The third-order valence-corrected chi connectivity index (χ3v) is 5.09. The van der Waals surface area contributed by atoms with Crippen LogP contribution in [0.25, 0.3) is 0 Å². The molecule has 1 amide bonds. The summed E-state index contributed by atoms with van der Waals surface area (Å²) in [6, 6.07) is 6.21. The Morgan fingerprint density at radius 3 is 2.86 bits per heavy atom. The predicted octanol–water partition coefficient (Wildman–Crippen LogP) is 1.83. The average Bonchev–Trinajstić information content (AvgIpc) is 3.10. The molecule has 0 radical (unpaired) electrons. The summed E-state index contributed by atoms with van der Waals surface area (Å²) in [6.45, 7) is 3.39. The predicted molar refractivity (Wildman–Crippen MR) is 84.9 cm³/mol. The minimum absolute atomic E-state index is 0.0319. The third kappa shape index (κ3) is 3.15. The summed E-state index contributed by atoms with van der Waals surface area (Å²) in [6.07, 6.45) is 1.96. The van der Waals surface area contributed by atoms with Crippen molar-refractivity contribution in [2.75, 3.05) is 13.1 Å². The monoisotopic (exact) mass is 352 g/mol. The van der Waals surface area contributed by atoms with Gasteiger partial charge in [-0.3, -0.25) is 4.79 Å². The molecule has 1 aromatic rings. The first-order valence-electron chi connectivity index (χ1n) is 7.47. The molecule has 0 bridgehead atoms. The van der Waals surface area contributed by atoms with Crippen molar-refractivity contribution in [1.29, 1.82) is 0 Å². The summed E-state index contributed by atoms with van der Waals surface area (Å²) in [5, 5.41) is 16.1. The molecule has 21 heavy (non-hydrogen) atoms. The first kappa shape index (κ1) is 15.0. The van der Waals surface area contributed by atoms with Crippen molar-refractivity contribution in [2.24, 2.45) is 5.92 Å². The summed E-state index contributed by atoms with van der Waals surface area (Å²) >= 11 is 3.51. The molecule has 1 saturated heterocycles. The fourth-order valence-electron chi connectivity index (χ4n) is 3.18. The van der Waals surface area contributed by atoms with Gasteiger partial charge in [-0.15, -0.1) is 0 Å². The molecule has 4 nitrogen and oxygen atoms in total. The molecule has 3 N–H and O–H groups in total. The Bertz CT molecular complexity index is 557. The van der Waals surface area contributed by atoms with E-state index >= 15 is 0 Å². The molecule has 2 atom stereocenters. The Hall–Kier alpha value is -0.910. The Kier molecular flexibility index (Phi) is 4.08. The lowest BCUT2D eigenvalue weighted by molar-refractivity contribution is -0.123. The van der Waals surface area contributed by atoms with Gasteiger partial charge in [-0.05, 0) is 43.0 Å². The SMILES string of the molecule is Cc1ccc(Br)cc1C1(NC(=O)C[C@@H]2CNC[C@H]2O)CC1. The molecule has 0 spiro atoms. The first-order valence-corrected chi connectivity index (χ1v) is 8.26. The van der Waals surface area contributed by atoms with E-state index in [2.05, 4.69) is 45.6 Å². The molecule has 0 aromatic heterocycles. The molecule has 2 fully saturated rings. The second-order valence-corrected chi connectivity index (χ2v) is 7.20. The van der Waals surface area contributed by atoms with Crippen LogP contribution in [0.4, 0.5) is 0 Å². The Morgan fingerprint density at radius 2 is 2.24 bits per heavy atom. The van der Waals surface area contributed by atoms with Crippen molar-refractivity contribution < 1.29 is 9.90 Å². The number of aryl methyl sites for hydroxylation is 1. The molecule has 5 heteroatoms. The second-order valence-electron chi connectivity index (χ2n) is 6.28. The molecule has 1 aromatic carbocycles. The largest absolute Gasteiger partial charge is 0.391 e. The normalized spacial score (nSPS) is 26.6. The van der Waals surface area contributed by atoms with E-state index in [-0.39, 0.29) is 17.4 Å². The fraction of sp³-hybridized carbons (Fsp3) is 0.562. The molecular formula is C16H21BrN2O2. The average molecular weight is 353 g/mol. The van der Waals surface area contributed by atoms with Gasteiger partial charge in [0.1, 0.15) is 0 Å². The van der Waals surface area contributed by atoms with Crippen molar-refractivity contribution in [2.45, 2.75) is 37.8 Å². The van der Waals surface area contributed by atoms with Gasteiger partial charge < -0.3 is 15.7 Å². The molecule has 1 heterocycles. The molecule has 0 unspecified atom stereocenters. The van der Waals surface area contributed by atoms with E-state index in [0.29, 0.717) is 13.0 Å². The number of rotatable bonds is 4. The van der Waals surface area contributed by atoms with Crippen LogP contribution in [0.5, 0.6) is 0 Å². The molecule has 114 valence electrons. The van der Waals surface area contributed by atoms with Gasteiger partial charge in [0.15, 0.2) is 0 Å². The van der Waals surface area contributed by atoms with Crippen LogP contribution in [0.2, 0.25) is 0 Å². The number of amides is 1.